The first-order valence-electron chi connectivity index (χ1n) is 25.3. The summed E-state index contributed by atoms with van der Waals surface area (Å²) < 4.78 is 11.6. The van der Waals surface area contributed by atoms with Gasteiger partial charge in [-0.2, -0.15) is 0 Å². The Balaban J connectivity index is 1.06. The second-order valence-electron chi connectivity index (χ2n) is 19.1. The molecule has 0 radical (unpaired) electrons. The zero-order valence-corrected chi connectivity index (χ0v) is 40.5. The molecule has 0 amide bonds. The van der Waals surface area contributed by atoms with Crippen molar-refractivity contribution in [1.82, 2.24) is 24.1 Å². The Morgan fingerprint density at radius 3 is 1.48 bits per heavy atom. The molecule has 0 saturated heterocycles. The summed E-state index contributed by atoms with van der Waals surface area (Å²) >= 11 is 0. The molecule has 0 unspecified atom stereocenters. The summed E-state index contributed by atoms with van der Waals surface area (Å²) in [4.78, 5) is 15.8. The smallest absolute Gasteiger partial charge is 0.166 e. The van der Waals surface area contributed by atoms with Crippen LogP contribution < -0.4 is 0 Å². The molecule has 0 spiro atoms. The van der Waals surface area contributed by atoms with Crippen LogP contribution >= 0.6 is 0 Å². The number of fused-ring (bicyclic) bond motifs is 9. The molecule has 6 heteroatoms. The highest BCUT2D eigenvalue weighted by atomic mass is 16.3. The standard InChI is InChI=1S/C69H43N5O/c1-5-20-44(21-6-1)47-38-41-57(69-71-67(45-22-7-2-8-23-45)70-68(72-69)46-24-9-3-10-25-46)62(42-47)74-60-36-19-32-53(52-31-18-35-59-64(52)55-29-13-15-34-58(55)73(59)49-26-11-4-12-27-49)65(60)56-40-39-48(43-61(56)74)50-30-17-33-54-51-28-14-16-37-63(51)75-66(50)54/h1-43H. The molecule has 75 heavy (non-hydrogen) atoms. The molecule has 0 atom stereocenters. The SMILES string of the molecule is c1ccc(-c2ccc(-c3nc(-c4ccccc4)nc(-c4ccccc4)n3)c(-n3c4cc(-c5cccc6c5oc5ccccc56)ccc4c4c(-c5cccc6c5c5ccccc5n6-c5ccccc5)cccc43)c2)cc1. The largest absolute Gasteiger partial charge is 0.455 e. The van der Waals surface area contributed by atoms with Crippen LogP contribution in [0.5, 0.6) is 0 Å². The van der Waals surface area contributed by atoms with Crippen molar-refractivity contribution >= 4 is 65.6 Å². The fourth-order valence-electron chi connectivity index (χ4n) is 11.4. The van der Waals surface area contributed by atoms with Crippen LogP contribution in [0.2, 0.25) is 0 Å². The van der Waals surface area contributed by atoms with Crippen molar-refractivity contribution < 1.29 is 4.42 Å². The van der Waals surface area contributed by atoms with Crippen molar-refractivity contribution in [3.05, 3.63) is 261 Å². The van der Waals surface area contributed by atoms with E-state index in [0.717, 1.165) is 116 Å². The number of furan rings is 1. The summed E-state index contributed by atoms with van der Waals surface area (Å²) in [6.45, 7) is 0. The van der Waals surface area contributed by atoms with Crippen molar-refractivity contribution in [3.8, 4) is 78.9 Å². The third kappa shape index (κ3) is 6.92. The van der Waals surface area contributed by atoms with Crippen molar-refractivity contribution in [2.24, 2.45) is 0 Å². The lowest BCUT2D eigenvalue weighted by Gasteiger charge is -2.17. The van der Waals surface area contributed by atoms with Crippen LogP contribution in [-0.4, -0.2) is 24.1 Å². The molecule has 4 heterocycles. The van der Waals surface area contributed by atoms with Gasteiger partial charge in [0.05, 0.1) is 27.8 Å². The Bertz CT molecular complexity index is 4630. The van der Waals surface area contributed by atoms with Gasteiger partial charge < -0.3 is 13.6 Å². The van der Waals surface area contributed by atoms with Crippen LogP contribution in [0.15, 0.2) is 265 Å². The fraction of sp³-hybridized carbons (Fsp3) is 0. The van der Waals surface area contributed by atoms with E-state index in [2.05, 4.69) is 221 Å². The fourth-order valence-corrected chi connectivity index (χ4v) is 11.4. The second kappa shape index (κ2) is 17.3. The van der Waals surface area contributed by atoms with Crippen LogP contribution in [0.3, 0.4) is 0 Å². The van der Waals surface area contributed by atoms with Crippen molar-refractivity contribution in [2.45, 2.75) is 0 Å². The number of hydrogen-bond donors (Lipinski definition) is 0. The van der Waals surface area contributed by atoms with Crippen molar-refractivity contribution in [1.29, 1.82) is 0 Å². The topological polar surface area (TPSA) is 61.7 Å². The van der Waals surface area contributed by atoms with Gasteiger partial charge in [-0.05, 0) is 82.4 Å². The Hall–Kier alpha value is -10.2. The highest BCUT2D eigenvalue weighted by molar-refractivity contribution is 6.23. The molecule has 4 aromatic heterocycles. The van der Waals surface area contributed by atoms with E-state index in [-0.39, 0.29) is 0 Å². The van der Waals surface area contributed by atoms with E-state index in [1.54, 1.807) is 0 Å². The zero-order valence-electron chi connectivity index (χ0n) is 40.5. The van der Waals surface area contributed by atoms with Gasteiger partial charge in [0.15, 0.2) is 17.5 Å². The van der Waals surface area contributed by atoms with Crippen LogP contribution in [-0.2, 0) is 0 Å². The first-order chi connectivity index (χ1) is 37.2. The van der Waals surface area contributed by atoms with Crippen LogP contribution in [0.4, 0.5) is 0 Å². The Labute approximate surface area is 431 Å². The summed E-state index contributed by atoms with van der Waals surface area (Å²) in [6, 6.07) is 92.4. The van der Waals surface area contributed by atoms with Gasteiger partial charge in [-0.3, -0.25) is 0 Å². The average Bonchev–Trinajstić information content (AvgIpc) is 4.19. The maximum Gasteiger partial charge on any atom is 0.166 e. The number of hydrogen-bond acceptors (Lipinski definition) is 4. The summed E-state index contributed by atoms with van der Waals surface area (Å²) in [7, 11) is 0. The average molecular weight is 958 g/mol. The summed E-state index contributed by atoms with van der Waals surface area (Å²) in [5, 5.41) is 6.85. The summed E-state index contributed by atoms with van der Waals surface area (Å²) in [6.07, 6.45) is 0. The molecule has 6 nitrogen and oxygen atoms in total. The molecule has 0 aliphatic rings. The Kier molecular flexibility index (Phi) is 9.78. The van der Waals surface area contributed by atoms with Gasteiger partial charge in [-0.1, -0.05) is 206 Å². The van der Waals surface area contributed by atoms with Gasteiger partial charge in [-0.25, -0.2) is 15.0 Å². The van der Waals surface area contributed by atoms with Gasteiger partial charge in [0.2, 0.25) is 0 Å². The van der Waals surface area contributed by atoms with E-state index in [1.807, 2.05) is 48.5 Å². The first-order valence-corrected chi connectivity index (χ1v) is 25.3. The molecule has 15 rings (SSSR count). The predicted octanol–water partition coefficient (Wildman–Crippen LogP) is 18.0. The van der Waals surface area contributed by atoms with Gasteiger partial charge >= 0.3 is 0 Å². The van der Waals surface area contributed by atoms with Crippen LogP contribution in [0.1, 0.15) is 0 Å². The van der Waals surface area contributed by atoms with Gasteiger partial charge in [0.25, 0.3) is 0 Å². The molecule has 350 valence electrons. The van der Waals surface area contributed by atoms with Gasteiger partial charge in [0.1, 0.15) is 11.2 Å². The van der Waals surface area contributed by atoms with E-state index in [9.17, 15) is 0 Å². The third-order valence-electron chi connectivity index (χ3n) is 14.8. The number of nitrogens with zero attached hydrogens (tertiary/aromatic N) is 5. The van der Waals surface area contributed by atoms with Crippen molar-refractivity contribution in [3.63, 3.8) is 0 Å². The second-order valence-corrected chi connectivity index (χ2v) is 19.1. The quantitative estimate of drug-likeness (QED) is 0.152. The highest BCUT2D eigenvalue weighted by Crippen LogP contribution is 2.47. The first kappa shape index (κ1) is 42.5. The number of para-hydroxylation sites is 4. The summed E-state index contributed by atoms with van der Waals surface area (Å²) in [5.41, 5.74) is 17.4. The molecular formula is C69H43N5O. The molecule has 0 N–H and O–H groups in total. The summed E-state index contributed by atoms with van der Waals surface area (Å²) in [5.74, 6) is 1.78. The minimum absolute atomic E-state index is 0.574. The van der Waals surface area contributed by atoms with Crippen molar-refractivity contribution in [2.75, 3.05) is 0 Å². The van der Waals surface area contributed by atoms with E-state index >= 15 is 0 Å². The maximum atomic E-state index is 6.72. The molecule has 0 aliphatic heterocycles. The lowest BCUT2D eigenvalue weighted by atomic mass is 9.94. The maximum absolute atomic E-state index is 6.72. The van der Waals surface area contributed by atoms with Gasteiger partial charge in [0, 0.05) is 60.3 Å². The monoisotopic (exact) mass is 957 g/mol. The van der Waals surface area contributed by atoms with E-state index < -0.39 is 0 Å². The highest BCUT2D eigenvalue weighted by Gasteiger charge is 2.25. The number of aromatic nitrogens is 5. The molecule has 0 saturated carbocycles. The lowest BCUT2D eigenvalue weighted by molar-refractivity contribution is 0.670. The molecule has 0 aliphatic carbocycles. The van der Waals surface area contributed by atoms with Crippen LogP contribution in [0.25, 0.3) is 144 Å². The Morgan fingerprint density at radius 2 is 0.787 bits per heavy atom. The van der Waals surface area contributed by atoms with E-state index in [1.165, 1.54) is 10.8 Å². The molecule has 11 aromatic carbocycles. The minimum Gasteiger partial charge on any atom is -0.455 e. The minimum atomic E-state index is 0.574. The number of benzene rings is 11. The number of rotatable bonds is 8. The molecular weight excluding hydrogens is 915 g/mol. The van der Waals surface area contributed by atoms with Crippen LogP contribution in [0, 0.1) is 0 Å². The lowest BCUT2D eigenvalue weighted by Crippen LogP contribution is -2.04. The molecule has 15 aromatic rings. The van der Waals surface area contributed by atoms with E-state index in [0.29, 0.717) is 17.5 Å². The predicted molar refractivity (Wildman–Crippen MR) is 308 cm³/mol. The molecule has 0 bridgehead atoms. The Morgan fingerprint density at radius 1 is 0.280 bits per heavy atom. The van der Waals surface area contributed by atoms with Gasteiger partial charge in [-0.15, -0.1) is 0 Å². The normalized spacial score (nSPS) is 11.7. The van der Waals surface area contributed by atoms with E-state index in [4.69, 9.17) is 19.4 Å². The molecule has 0 fully saturated rings. The zero-order chi connectivity index (χ0) is 49.4. The third-order valence-corrected chi connectivity index (χ3v) is 14.8.